The van der Waals surface area contributed by atoms with Crippen molar-refractivity contribution in [3.8, 4) is 0 Å². The Hall–Kier alpha value is -3.81. The Balaban J connectivity index is 1.40. The standard InChI is InChI=1S/C25H22F3N3O2/c26-25(27,28)20-9-7-19(8-10-20)23(32)29-21-11-13-22(14-12-21)31-16-4-15-30(24(31)33)17-18-5-2-1-3-6-18/h1-3,5-14H,4,15-17H2,(H,29,32). The van der Waals surface area contributed by atoms with Crippen molar-refractivity contribution in [2.45, 2.75) is 19.1 Å². The molecule has 1 fully saturated rings. The molecule has 8 heteroatoms. The van der Waals surface area contributed by atoms with Crippen molar-refractivity contribution < 1.29 is 22.8 Å². The summed E-state index contributed by atoms with van der Waals surface area (Å²) in [5.74, 6) is -0.514. The molecule has 0 aromatic heterocycles. The molecule has 3 aromatic rings. The summed E-state index contributed by atoms with van der Waals surface area (Å²) in [4.78, 5) is 28.9. The Labute approximate surface area is 189 Å². The lowest BCUT2D eigenvalue weighted by molar-refractivity contribution is -0.137. The zero-order valence-electron chi connectivity index (χ0n) is 17.7. The number of carbonyl (C=O) groups is 2. The molecule has 4 rings (SSSR count). The van der Waals surface area contributed by atoms with Crippen LogP contribution in [0.25, 0.3) is 0 Å². The van der Waals surface area contributed by atoms with Gasteiger partial charge in [-0.05, 0) is 60.5 Å². The maximum Gasteiger partial charge on any atom is 0.416 e. The van der Waals surface area contributed by atoms with Crippen LogP contribution in [0, 0.1) is 0 Å². The van der Waals surface area contributed by atoms with Crippen LogP contribution >= 0.6 is 0 Å². The number of anilines is 2. The van der Waals surface area contributed by atoms with E-state index < -0.39 is 17.6 Å². The minimum absolute atomic E-state index is 0.0772. The molecule has 1 saturated heterocycles. The molecule has 0 atom stereocenters. The average Bonchev–Trinajstić information content (AvgIpc) is 2.81. The van der Waals surface area contributed by atoms with Crippen LogP contribution in [-0.2, 0) is 12.7 Å². The zero-order chi connectivity index (χ0) is 23.4. The van der Waals surface area contributed by atoms with Crippen LogP contribution in [0.15, 0.2) is 78.9 Å². The fourth-order valence-electron chi connectivity index (χ4n) is 3.71. The Morgan fingerprint density at radius 3 is 2.18 bits per heavy atom. The van der Waals surface area contributed by atoms with Crippen molar-refractivity contribution in [1.82, 2.24) is 4.90 Å². The normalized spacial score (nSPS) is 14.3. The van der Waals surface area contributed by atoms with E-state index in [4.69, 9.17) is 0 Å². The number of amides is 3. The van der Waals surface area contributed by atoms with Crippen molar-refractivity contribution in [3.63, 3.8) is 0 Å². The van der Waals surface area contributed by atoms with Gasteiger partial charge in [-0.3, -0.25) is 9.69 Å². The number of benzene rings is 3. The summed E-state index contributed by atoms with van der Waals surface area (Å²) in [6.45, 7) is 1.82. The maximum atomic E-state index is 13.0. The van der Waals surface area contributed by atoms with Gasteiger partial charge in [0.05, 0.1) is 5.56 Å². The van der Waals surface area contributed by atoms with E-state index >= 15 is 0 Å². The van der Waals surface area contributed by atoms with Crippen LogP contribution in [0.1, 0.15) is 27.9 Å². The van der Waals surface area contributed by atoms with Gasteiger partial charge in [0, 0.05) is 36.6 Å². The number of hydrogen-bond acceptors (Lipinski definition) is 2. The summed E-state index contributed by atoms with van der Waals surface area (Å²) >= 11 is 0. The molecule has 3 aromatic carbocycles. The molecule has 0 spiro atoms. The molecule has 1 aliphatic rings. The lowest BCUT2D eigenvalue weighted by Gasteiger charge is -2.35. The van der Waals surface area contributed by atoms with Crippen LogP contribution in [0.2, 0.25) is 0 Å². The maximum absolute atomic E-state index is 13.0. The Bertz CT molecular complexity index is 1110. The van der Waals surface area contributed by atoms with E-state index in [1.165, 1.54) is 0 Å². The van der Waals surface area contributed by atoms with Gasteiger partial charge in [0.25, 0.3) is 5.91 Å². The van der Waals surface area contributed by atoms with E-state index in [1.54, 1.807) is 34.1 Å². The molecule has 33 heavy (non-hydrogen) atoms. The number of rotatable bonds is 5. The average molecular weight is 453 g/mol. The predicted octanol–water partition coefficient (Wildman–Crippen LogP) is 5.79. The molecule has 0 bridgehead atoms. The lowest BCUT2D eigenvalue weighted by Crippen LogP contribution is -2.49. The van der Waals surface area contributed by atoms with Gasteiger partial charge in [-0.1, -0.05) is 30.3 Å². The van der Waals surface area contributed by atoms with Crippen LogP contribution in [0.3, 0.4) is 0 Å². The third kappa shape index (κ3) is 5.34. The monoisotopic (exact) mass is 453 g/mol. The number of alkyl halides is 3. The van der Waals surface area contributed by atoms with E-state index in [-0.39, 0.29) is 11.6 Å². The van der Waals surface area contributed by atoms with E-state index in [1.807, 2.05) is 30.3 Å². The number of urea groups is 1. The molecule has 170 valence electrons. The van der Waals surface area contributed by atoms with Gasteiger partial charge >= 0.3 is 12.2 Å². The predicted molar refractivity (Wildman–Crippen MR) is 120 cm³/mol. The third-order valence-electron chi connectivity index (χ3n) is 5.44. The first-order valence-electron chi connectivity index (χ1n) is 10.5. The first-order chi connectivity index (χ1) is 15.8. The second-order valence-electron chi connectivity index (χ2n) is 7.77. The molecular formula is C25H22F3N3O2. The quantitative estimate of drug-likeness (QED) is 0.532. The van der Waals surface area contributed by atoms with Gasteiger partial charge < -0.3 is 10.2 Å². The highest BCUT2D eigenvalue weighted by molar-refractivity contribution is 6.04. The van der Waals surface area contributed by atoms with Crippen LogP contribution in [0.5, 0.6) is 0 Å². The van der Waals surface area contributed by atoms with Gasteiger partial charge in [-0.2, -0.15) is 13.2 Å². The minimum Gasteiger partial charge on any atom is -0.322 e. The summed E-state index contributed by atoms with van der Waals surface area (Å²) in [5.41, 5.74) is 1.57. The van der Waals surface area contributed by atoms with Crippen molar-refractivity contribution in [1.29, 1.82) is 0 Å². The van der Waals surface area contributed by atoms with Gasteiger partial charge in [-0.15, -0.1) is 0 Å². The largest absolute Gasteiger partial charge is 0.416 e. The zero-order valence-corrected chi connectivity index (χ0v) is 17.7. The molecular weight excluding hydrogens is 431 g/mol. The molecule has 0 saturated carbocycles. The molecule has 1 heterocycles. The summed E-state index contributed by atoms with van der Waals surface area (Å²) in [6.07, 6.45) is -3.61. The Kier molecular flexibility index (Phi) is 6.35. The summed E-state index contributed by atoms with van der Waals surface area (Å²) < 4.78 is 38.1. The molecule has 5 nitrogen and oxygen atoms in total. The fourth-order valence-corrected chi connectivity index (χ4v) is 3.71. The smallest absolute Gasteiger partial charge is 0.322 e. The van der Waals surface area contributed by atoms with Gasteiger partial charge in [0.15, 0.2) is 0 Å². The number of halogens is 3. The minimum atomic E-state index is -4.45. The summed E-state index contributed by atoms with van der Waals surface area (Å²) in [6, 6.07) is 20.6. The molecule has 0 unspecified atom stereocenters. The van der Waals surface area contributed by atoms with E-state index in [0.717, 1.165) is 36.2 Å². The van der Waals surface area contributed by atoms with Gasteiger partial charge in [-0.25, -0.2) is 4.79 Å². The summed E-state index contributed by atoms with van der Waals surface area (Å²) in [5, 5.41) is 2.67. The van der Waals surface area contributed by atoms with Gasteiger partial charge in [0.2, 0.25) is 0 Å². The molecule has 0 aliphatic carbocycles. The van der Waals surface area contributed by atoms with E-state index in [2.05, 4.69) is 5.32 Å². The number of nitrogens with one attached hydrogen (secondary N) is 1. The summed E-state index contributed by atoms with van der Waals surface area (Å²) in [7, 11) is 0. The van der Waals surface area contributed by atoms with Crippen LogP contribution < -0.4 is 10.2 Å². The highest BCUT2D eigenvalue weighted by atomic mass is 19.4. The number of nitrogens with zero attached hydrogens (tertiary/aromatic N) is 2. The second kappa shape index (κ2) is 9.36. The second-order valence-corrected chi connectivity index (χ2v) is 7.77. The molecule has 3 amide bonds. The van der Waals surface area contributed by atoms with Crippen molar-refractivity contribution in [2.24, 2.45) is 0 Å². The van der Waals surface area contributed by atoms with Crippen molar-refractivity contribution in [3.05, 3.63) is 95.6 Å². The highest BCUT2D eigenvalue weighted by Crippen LogP contribution is 2.29. The molecule has 1 aliphatic heterocycles. The SMILES string of the molecule is O=C(Nc1ccc(N2CCCN(Cc3ccccc3)C2=O)cc1)c1ccc(C(F)(F)F)cc1. The first kappa shape index (κ1) is 22.4. The lowest BCUT2D eigenvalue weighted by atomic mass is 10.1. The third-order valence-corrected chi connectivity index (χ3v) is 5.44. The Morgan fingerprint density at radius 2 is 1.55 bits per heavy atom. The van der Waals surface area contributed by atoms with Gasteiger partial charge in [0.1, 0.15) is 0 Å². The first-order valence-corrected chi connectivity index (χ1v) is 10.5. The topological polar surface area (TPSA) is 52.7 Å². The molecule has 1 N–H and O–H groups in total. The van der Waals surface area contributed by atoms with Crippen molar-refractivity contribution in [2.75, 3.05) is 23.3 Å². The van der Waals surface area contributed by atoms with Crippen LogP contribution in [0.4, 0.5) is 29.3 Å². The number of carbonyl (C=O) groups excluding carboxylic acids is 2. The van der Waals surface area contributed by atoms with Crippen molar-refractivity contribution >= 4 is 23.3 Å². The van der Waals surface area contributed by atoms with E-state index in [0.29, 0.717) is 31.0 Å². The fraction of sp³-hybridized carbons (Fsp3) is 0.200. The van der Waals surface area contributed by atoms with E-state index in [9.17, 15) is 22.8 Å². The van der Waals surface area contributed by atoms with Crippen LogP contribution in [-0.4, -0.2) is 29.9 Å². The number of hydrogen-bond donors (Lipinski definition) is 1. The highest BCUT2D eigenvalue weighted by Gasteiger charge is 2.30. The Morgan fingerprint density at radius 1 is 0.879 bits per heavy atom. The molecule has 0 radical (unpaired) electrons.